The first kappa shape index (κ1) is 38.7. The summed E-state index contributed by atoms with van der Waals surface area (Å²) in [5.41, 5.74) is 4.94. The predicted octanol–water partition coefficient (Wildman–Crippen LogP) is -0.781. The number of nitrogens with one attached hydrogen (secondary N) is 4. The SMILES string of the molecule is CC(NC(=O)C(NC(=O)C(CS(=O)(=O)[O-])NC(=O)OCC1c2ccccc2-c2ccccc21)C(C)C)C(=O)Nc1ccc(CO)cc1.[Na+]. The Kier molecular flexibility index (Phi) is 13.7. The van der Waals surface area contributed by atoms with Crippen LogP contribution in [0, 0.1) is 5.92 Å². The van der Waals surface area contributed by atoms with Gasteiger partial charge in [0.25, 0.3) is 0 Å². The Balaban J connectivity index is 0.00000625. The number of amides is 4. The largest absolute Gasteiger partial charge is 1.00 e. The Labute approximate surface area is 301 Å². The second kappa shape index (κ2) is 17.0. The molecule has 0 bridgehead atoms. The number of benzene rings is 3. The normalized spacial score (nSPS) is 14.0. The van der Waals surface area contributed by atoms with Gasteiger partial charge >= 0.3 is 35.7 Å². The standard InChI is InChI=1S/C33H38N4O9S.Na/c1-19(2)29(32(41)34-20(3)30(39)35-22-14-12-21(16-38)13-15-22)37-31(40)28(18-47(43,44)45)36-33(42)46-17-27-25-10-6-4-8-23(25)24-9-5-7-11-26(24)27;/h4-15,19-20,27-29,38H,16-18H2,1-3H3,(H,34,41)(H,35,39)(H,36,42)(H,37,40)(H,43,44,45);/q;+1/p-1. The van der Waals surface area contributed by atoms with E-state index >= 15 is 0 Å². The molecule has 0 spiro atoms. The molecule has 3 unspecified atom stereocenters. The van der Waals surface area contributed by atoms with Crippen LogP contribution in [0.1, 0.15) is 43.4 Å². The summed E-state index contributed by atoms with van der Waals surface area (Å²) in [6.45, 7) is 4.36. The molecule has 48 heavy (non-hydrogen) atoms. The second-order valence-corrected chi connectivity index (χ2v) is 13.0. The summed E-state index contributed by atoms with van der Waals surface area (Å²) in [5.74, 6) is -4.56. The number of carbonyl (C=O) groups excluding carboxylic acids is 4. The van der Waals surface area contributed by atoms with E-state index in [4.69, 9.17) is 4.74 Å². The molecule has 3 aromatic carbocycles. The van der Waals surface area contributed by atoms with Crippen LogP contribution in [-0.4, -0.2) is 72.4 Å². The summed E-state index contributed by atoms with van der Waals surface area (Å²) in [4.78, 5) is 51.9. The molecule has 3 atom stereocenters. The van der Waals surface area contributed by atoms with Gasteiger partial charge < -0.3 is 35.7 Å². The number of ether oxygens (including phenoxy) is 1. The van der Waals surface area contributed by atoms with E-state index in [0.29, 0.717) is 11.3 Å². The number of carbonyl (C=O) groups is 4. The topological polar surface area (TPSA) is 203 Å². The van der Waals surface area contributed by atoms with Crippen LogP contribution in [0.3, 0.4) is 0 Å². The van der Waals surface area contributed by atoms with Crippen LogP contribution in [0.15, 0.2) is 72.8 Å². The molecule has 3 aromatic rings. The Bertz CT molecular complexity index is 1690. The zero-order chi connectivity index (χ0) is 34.3. The summed E-state index contributed by atoms with van der Waals surface area (Å²) in [5, 5.41) is 18.9. The van der Waals surface area contributed by atoms with Gasteiger partial charge in [-0.15, -0.1) is 0 Å². The Hall–Kier alpha value is -3.79. The second-order valence-electron chi connectivity index (χ2n) is 11.6. The number of alkyl carbamates (subject to hydrolysis) is 1. The van der Waals surface area contributed by atoms with Crippen LogP contribution >= 0.6 is 0 Å². The zero-order valence-electron chi connectivity index (χ0n) is 27.1. The Morgan fingerprint density at radius 1 is 0.812 bits per heavy atom. The van der Waals surface area contributed by atoms with Crippen molar-refractivity contribution in [2.24, 2.45) is 5.92 Å². The molecule has 0 heterocycles. The summed E-state index contributed by atoms with van der Waals surface area (Å²) < 4.78 is 40.4. The van der Waals surface area contributed by atoms with Gasteiger partial charge in [0.05, 0.1) is 22.5 Å². The van der Waals surface area contributed by atoms with Crippen LogP contribution in [0.2, 0.25) is 0 Å². The average Bonchev–Trinajstić information content (AvgIpc) is 3.35. The Morgan fingerprint density at radius 2 is 1.38 bits per heavy atom. The van der Waals surface area contributed by atoms with Crippen molar-refractivity contribution in [3.05, 3.63) is 89.5 Å². The van der Waals surface area contributed by atoms with E-state index in [9.17, 15) is 37.3 Å². The van der Waals surface area contributed by atoms with Crippen molar-refractivity contribution in [1.29, 1.82) is 0 Å². The van der Waals surface area contributed by atoms with Gasteiger partial charge in [-0.3, -0.25) is 14.4 Å². The van der Waals surface area contributed by atoms with Gasteiger partial charge in [-0.1, -0.05) is 74.5 Å². The van der Waals surface area contributed by atoms with Crippen LogP contribution < -0.4 is 50.8 Å². The molecule has 0 aliphatic heterocycles. The summed E-state index contributed by atoms with van der Waals surface area (Å²) >= 11 is 0. The molecule has 0 saturated carbocycles. The van der Waals surface area contributed by atoms with E-state index in [-0.39, 0.29) is 48.7 Å². The van der Waals surface area contributed by atoms with Crippen LogP contribution in [0.5, 0.6) is 0 Å². The number of aliphatic hydroxyl groups excluding tert-OH is 1. The van der Waals surface area contributed by atoms with E-state index < -0.39 is 63.7 Å². The van der Waals surface area contributed by atoms with Gasteiger partial charge in [-0.25, -0.2) is 13.2 Å². The minimum absolute atomic E-state index is 0. The van der Waals surface area contributed by atoms with Crippen molar-refractivity contribution in [1.82, 2.24) is 16.0 Å². The number of rotatable bonds is 13. The van der Waals surface area contributed by atoms with E-state index in [1.54, 1.807) is 38.1 Å². The van der Waals surface area contributed by atoms with Crippen molar-refractivity contribution < 1.29 is 71.5 Å². The third kappa shape index (κ3) is 10.1. The fourth-order valence-electron chi connectivity index (χ4n) is 5.27. The number of aliphatic hydroxyl groups is 1. The fraction of sp³-hybridized carbons (Fsp3) is 0.333. The van der Waals surface area contributed by atoms with E-state index in [2.05, 4.69) is 21.3 Å². The minimum atomic E-state index is -5.01. The molecule has 13 nitrogen and oxygen atoms in total. The molecule has 4 amide bonds. The molecule has 1 aliphatic rings. The maximum Gasteiger partial charge on any atom is 1.00 e. The van der Waals surface area contributed by atoms with Crippen molar-refractivity contribution in [3.63, 3.8) is 0 Å². The molecule has 0 fully saturated rings. The third-order valence-electron chi connectivity index (χ3n) is 7.73. The van der Waals surface area contributed by atoms with Crippen molar-refractivity contribution in [2.75, 3.05) is 17.7 Å². The molecule has 0 saturated heterocycles. The van der Waals surface area contributed by atoms with Gasteiger partial charge in [0.2, 0.25) is 17.7 Å². The molecular formula is C33H37N4NaO9S. The van der Waals surface area contributed by atoms with Gasteiger partial charge in [0.1, 0.15) is 24.7 Å². The molecule has 4 rings (SSSR count). The number of anilines is 1. The first-order chi connectivity index (χ1) is 22.3. The summed E-state index contributed by atoms with van der Waals surface area (Å²) in [7, 11) is -5.01. The van der Waals surface area contributed by atoms with Crippen LogP contribution in [0.25, 0.3) is 11.1 Å². The first-order valence-electron chi connectivity index (χ1n) is 14.9. The molecule has 1 aliphatic carbocycles. The maximum atomic E-state index is 13.2. The van der Waals surface area contributed by atoms with Crippen molar-refractivity contribution in [2.45, 2.75) is 51.4 Å². The molecule has 0 radical (unpaired) electrons. The van der Waals surface area contributed by atoms with Crippen molar-refractivity contribution >= 4 is 39.6 Å². The van der Waals surface area contributed by atoms with Gasteiger partial charge in [-0.05, 0) is 52.8 Å². The molecular weight excluding hydrogens is 651 g/mol. The minimum Gasteiger partial charge on any atom is -0.748 e. The smallest absolute Gasteiger partial charge is 0.748 e. The number of fused-ring (bicyclic) bond motifs is 3. The molecule has 15 heteroatoms. The first-order valence-corrected chi connectivity index (χ1v) is 16.5. The quantitative estimate of drug-likeness (QED) is 0.113. The molecule has 250 valence electrons. The van der Waals surface area contributed by atoms with Gasteiger partial charge in [0, 0.05) is 11.6 Å². The van der Waals surface area contributed by atoms with Crippen LogP contribution in [-0.2, 0) is 35.8 Å². The molecule has 5 N–H and O–H groups in total. The van der Waals surface area contributed by atoms with E-state index in [0.717, 1.165) is 22.3 Å². The van der Waals surface area contributed by atoms with Gasteiger partial charge in [0.15, 0.2) is 0 Å². The molecule has 0 aromatic heterocycles. The number of hydrogen-bond acceptors (Lipinski definition) is 9. The monoisotopic (exact) mass is 688 g/mol. The third-order valence-corrected chi connectivity index (χ3v) is 8.47. The van der Waals surface area contributed by atoms with E-state index in [1.807, 2.05) is 48.5 Å². The maximum absolute atomic E-state index is 13.2. The van der Waals surface area contributed by atoms with Crippen LogP contribution in [0.4, 0.5) is 10.5 Å². The average molecular weight is 689 g/mol. The van der Waals surface area contributed by atoms with Crippen molar-refractivity contribution in [3.8, 4) is 11.1 Å². The number of hydrogen-bond donors (Lipinski definition) is 5. The Morgan fingerprint density at radius 3 is 1.90 bits per heavy atom. The summed E-state index contributed by atoms with van der Waals surface area (Å²) in [6, 6.07) is 17.5. The fourth-order valence-corrected chi connectivity index (χ4v) is 5.91. The predicted molar refractivity (Wildman–Crippen MR) is 172 cm³/mol. The summed E-state index contributed by atoms with van der Waals surface area (Å²) in [6.07, 6.45) is -1.13. The van der Waals surface area contributed by atoms with Gasteiger partial charge in [-0.2, -0.15) is 0 Å². The zero-order valence-corrected chi connectivity index (χ0v) is 29.9. The van der Waals surface area contributed by atoms with E-state index in [1.165, 1.54) is 6.92 Å².